The van der Waals surface area contributed by atoms with E-state index >= 15 is 0 Å². The molecule has 0 saturated heterocycles. The van der Waals surface area contributed by atoms with Crippen molar-refractivity contribution in [3.8, 4) is 0 Å². The van der Waals surface area contributed by atoms with Crippen LogP contribution in [0.1, 0.15) is 0 Å². The SMILES string of the molecule is ClC(Cl)Cl.ClC(Cl)Cl.ClC(Cl)Cl.ClC(Cl)Cl.ClC(Cl)Cl.ClC(Cl)Cl.ClC(Cl)Cl.ClC(Cl)Cl.ClC(Cl)Cl.ClC(Cl)Cl.ClC(Cl)Cl.ClC(Cl)Cl.ClC(Cl)Cl.ClC(Cl)Cl.ClC(Cl)Cl.ClC(Cl)Cl.ClC(Cl)Cl.ClC(Cl)Cl.ClC(Cl)Cl.ClC(Cl)Cl.ClC(Cl)Cl.ClC(Cl)Cl.ClC(Cl)Cl.ClC(Cl)Cl.ClC(Cl)Cl.ClC(Cl)Cl.ClC(Cl)Cl.ClC(Cl)Cl.ClC(Cl)Cl.OCC(Cl)(Cl)Cl. The Morgan fingerprint density at radius 1 is 0.0902 bits per heavy atom. The molecule has 0 spiro atoms. The summed E-state index contributed by atoms with van der Waals surface area (Å²) in [5.74, 6) is 0. The lowest BCUT2D eigenvalue weighted by atomic mass is 10.9. The lowest BCUT2D eigenvalue weighted by Gasteiger charge is -2.01. The number of aliphatic hydroxyl groups excluding tert-OH is 1. The lowest BCUT2D eigenvalue weighted by molar-refractivity contribution is 0.303. The second kappa shape index (κ2) is 218. The van der Waals surface area contributed by atoms with Crippen LogP contribution in [0.25, 0.3) is 0 Å². The number of hydrogen-bond acceptors (Lipinski definition) is 1. The van der Waals surface area contributed by atoms with E-state index < -0.39 is 135 Å². The summed E-state index contributed by atoms with van der Waals surface area (Å²) in [5.41, 5.74) is 0. The van der Waals surface area contributed by atoms with E-state index in [1.165, 1.54) is 0 Å². The molecule has 0 unspecified atom stereocenters. The van der Waals surface area contributed by atoms with Gasteiger partial charge in [-0.05, 0) is 0 Å². The molecule has 0 amide bonds. The van der Waals surface area contributed by atoms with E-state index in [2.05, 4.69) is 0 Å². The highest BCUT2D eigenvalue weighted by Gasteiger charge is 2.16. The summed E-state index contributed by atoms with van der Waals surface area (Å²) in [6.45, 7) is -0.433. The molecule has 1 N–H and O–H groups in total. The zero-order valence-corrected chi connectivity index (χ0v) is 120. The minimum Gasteiger partial charge on any atom is -0.392 e. The third-order valence-electron chi connectivity index (χ3n) is 0.179. The summed E-state index contributed by atoms with van der Waals surface area (Å²) in [6, 6.07) is 0. The molecular weight excluding hydrogens is 3580 g/mol. The van der Waals surface area contributed by atoms with Gasteiger partial charge in [0.1, 0.15) is 0 Å². The summed E-state index contributed by atoms with van der Waals surface area (Å²) in [7, 11) is 0. The first kappa shape index (κ1) is 230. The summed E-state index contributed by atoms with van der Waals surface area (Å²) in [4.78, 5) is 0. The summed E-state index contributed by atoms with van der Waals surface area (Å²) in [6.07, 6.45) is 0. The summed E-state index contributed by atoms with van der Waals surface area (Å²) < 4.78 is -23.2. The highest BCUT2D eigenvalue weighted by molar-refractivity contribution is 6.74. The average Bonchev–Trinajstić information content (AvgIpc) is 1.03. The van der Waals surface area contributed by atoms with Crippen LogP contribution in [0.5, 0.6) is 0 Å². The fraction of sp³-hybridized carbons (Fsp3) is 1.00. The number of rotatable bonds is 0. The van der Waals surface area contributed by atoms with Crippen LogP contribution in [0, 0.1) is 0 Å². The van der Waals surface area contributed by atoms with Crippen molar-refractivity contribution >= 4 is 1040 Å². The molecule has 0 bridgehead atoms. The van der Waals surface area contributed by atoms with Crippen LogP contribution in [-0.4, -0.2) is 140 Å². The molecule has 0 radical (unpaired) electrons. The van der Waals surface area contributed by atoms with Crippen molar-refractivity contribution in [2.75, 3.05) is 6.61 Å². The van der Waals surface area contributed by atoms with E-state index in [0.717, 1.165) is 0 Å². The van der Waals surface area contributed by atoms with Crippen molar-refractivity contribution in [3.05, 3.63) is 0 Å². The summed E-state index contributed by atoms with van der Waals surface area (Å²) in [5, 5.41) is 8.01. The van der Waals surface area contributed by atoms with Gasteiger partial charge in [0.2, 0.25) is 3.79 Å². The maximum Gasteiger partial charge on any atom is 0.213 e. The monoisotopic (exact) mass is 3570 g/mol. The van der Waals surface area contributed by atoms with Crippen LogP contribution in [0.4, 0.5) is 0 Å². The van der Waals surface area contributed by atoms with E-state index in [1.807, 2.05) is 0 Å². The van der Waals surface area contributed by atoms with Crippen molar-refractivity contribution in [3.63, 3.8) is 0 Å². The van der Waals surface area contributed by atoms with Gasteiger partial charge in [-0.25, -0.2) is 0 Å². The number of aliphatic hydroxyl groups is 1. The maximum atomic E-state index is 8.01. The predicted octanol–water partition coefficient (Wildman–Crippen LogP) is 59.0. The smallest absolute Gasteiger partial charge is 0.213 e. The van der Waals surface area contributed by atoms with E-state index in [0.29, 0.717) is 0 Å². The molecule has 0 rings (SSSR count). The number of hydrogen-bond donors (Lipinski definition) is 1. The molecule has 0 saturated carbocycles. The van der Waals surface area contributed by atoms with Gasteiger partial charge in [-0.15, -0.1) is 0 Å². The molecule has 0 heterocycles. The zero-order chi connectivity index (χ0) is 109. The van der Waals surface area contributed by atoms with E-state index in [1.54, 1.807) is 0 Å². The predicted molar refractivity (Wildman–Crippen MR) is 646 cm³/mol. The number of halogens is 90. The van der Waals surface area contributed by atoms with Gasteiger partial charge in [0.25, 0.3) is 0 Å². The third kappa shape index (κ3) is 3640. The Bertz CT molecular complexity index is 770. The van der Waals surface area contributed by atoms with E-state index in [9.17, 15) is 0 Å². The standard InChI is InChI=1S/C2H3Cl3O.29CHCl3/c3-2(4,5)1-6;29*2-1(3)4/h6H,1H2;29*1H. The van der Waals surface area contributed by atoms with Crippen molar-refractivity contribution in [1.29, 1.82) is 0 Å². The second-order valence-electron chi connectivity index (χ2n) is 7.95. The molecule has 792 valence electrons. The first-order chi connectivity index (χ1) is 52.8. The van der Waals surface area contributed by atoms with Crippen LogP contribution in [-0.2, 0) is 0 Å². The average molecular weight is 3610 g/mol. The van der Waals surface area contributed by atoms with Gasteiger partial charge >= 0.3 is 0 Å². The molecule has 0 aromatic carbocycles. The zero-order valence-electron chi connectivity index (χ0n) is 52.4. The Kier molecular flexibility index (Phi) is 410. The molecule has 0 atom stereocenters. The van der Waals surface area contributed by atoms with Crippen molar-refractivity contribution in [2.45, 2.75) is 128 Å². The van der Waals surface area contributed by atoms with Crippen LogP contribution < -0.4 is 0 Å². The van der Waals surface area contributed by atoms with E-state index in [-0.39, 0.29) is 0 Å². The van der Waals surface area contributed by atoms with Crippen LogP contribution in [0.2, 0.25) is 0 Å². The van der Waals surface area contributed by atoms with Gasteiger partial charge in [0, 0.05) is 0 Å². The molecule has 91 heteroatoms. The molecule has 0 aliphatic carbocycles. The van der Waals surface area contributed by atoms with Crippen molar-refractivity contribution in [2.24, 2.45) is 0 Å². The van der Waals surface area contributed by atoms with Crippen molar-refractivity contribution < 1.29 is 5.11 Å². The highest BCUT2D eigenvalue weighted by atomic mass is 35.7. The lowest BCUT2D eigenvalue weighted by Crippen LogP contribution is -2.06. The van der Waals surface area contributed by atoms with Gasteiger partial charge in [-0.2, -0.15) is 0 Å². The minimum atomic E-state index is -1.49. The molecule has 1 nitrogen and oxygen atoms in total. The largest absolute Gasteiger partial charge is 0.392 e. The topological polar surface area (TPSA) is 20.2 Å². The fourth-order valence-corrected chi connectivity index (χ4v) is 0. The summed E-state index contributed by atoms with van der Waals surface area (Å²) >= 11 is 433. The Morgan fingerprint density at radius 3 is 0.0984 bits per heavy atom. The normalized spacial score (nSPS) is 9.15. The molecular formula is C31H32Cl90O. The Morgan fingerprint density at radius 2 is 0.0984 bits per heavy atom. The van der Waals surface area contributed by atoms with Crippen LogP contribution >= 0.6 is 1040 Å². The van der Waals surface area contributed by atoms with Crippen LogP contribution in [0.15, 0.2) is 0 Å². The van der Waals surface area contributed by atoms with Gasteiger partial charge in [0.15, 0.2) is 125 Å². The molecule has 122 heavy (non-hydrogen) atoms. The first-order valence-corrected chi connectivity index (χ1v) is 59.3. The number of alkyl halides is 90. The molecule has 0 fully saturated rings. The highest BCUT2D eigenvalue weighted by Crippen LogP contribution is 2.24. The van der Waals surface area contributed by atoms with Gasteiger partial charge in [-0.3, -0.25) is 0 Å². The van der Waals surface area contributed by atoms with Gasteiger partial charge in [0.05, 0.1) is 6.61 Å². The fourth-order valence-electron chi connectivity index (χ4n) is 0. The van der Waals surface area contributed by atoms with Gasteiger partial charge < -0.3 is 5.11 Å². The quantitative estimate of drug-likeness (QED) is 0.240. The Hall–Kier alpha value is 26.1. The van der Waals surface area contributed by atoms with E-state index in [4.69, 9.17) is 1050 Å². The third-order valence-corrected chi connectivity index (χ3v) is 0.538. The Balaban J connectivity index is -0.0000000256. The van der Waals surface area contributed by atoms with Gasteiger partial charge in [-0.1, -0.05) is 1040 Å². The van der Waals surface area contributed by atoms with Crippen molar-refractivity contribution in [1.82, 2.24) is 0 Å². The molecule has 0 aliphatic rings. The second-order valence-corrected chi connectivity index (χ2v) is 67.9. The molecule has 0 aromatic rings. The van der Waals surface area contributed by atoms with Crippen LogP contribution in [0.3, 0.4) is 0 Å². The molecule has 0 aromatic heterocycles. The minimum absolute atomic E-state index is 0.433. The maximum absolute atomic E-state index is 8.01. The first-order valence-electron chi connectivity index (χ1n) is 20.2. The molecule has 0 aliphatic heterocycles. The Labute approximate surface area is 1160 Å².